The number of fused-ring (bicyclic) bond motifs is 1. The molecule has 21 heavy (non-hydrogen) atoms. The van der Waals surface area contributed by atoms with E-state index in [1.54, 1.807) is 7.11 Å². The van der Waals surface area contributed by atoms with Crippen LogP contribution in [0.25, 0.3) is 0 Å². The molecule has 2 aromatic rings. The van der Waals surface area contributed by atoms with Gasteiger partial charge in [0.1, 0.15) is 5.82 Å². The quantitative estimate of drug-likeness (QED) is 0.910. The number of aromatic nitrogens is 4. The van der Waals surface area contributed by atoms with E-state index < -0.39 is 0 Å². The Labute approximate surface area is 125 Å². The summed E-state index contributed by atoms with van der Waals surface area (Å²) in [6, 6.07) is 2.42. The van der Waals surface area contributed by atoms with Crippen LogP contribution in [0.3, 0.4) is 0 Å². The summed E-state index contributed by atoms with van der Waals surface area (Å²) < 4.78 is 7.52. The van der Waals surface area contributed by atoms with Crippen molar-refractivity contribution < 1.29 is 4.74 Å². The van der Waals surface area contributed by atoms with Crippen molar-refractivity contribution in [2.45, 2.75) is 39.4 Å². The van der Waals surface area contributed by atoms with Crippen molar-refractivity contribution in [2.75, 3.05) is 20.3 Å². The summed E-state index contributed by atoms with van der Waals surface area (Å²) in [5, 5.41) is 7.34. The number of nitrogens with one attached hydrogen (secondary N) is 1. The maximum atomic E-state index is 5.17. The largest absolute Gasteiger partial charge is 0.384 e. The van der Waals surface area contributed by atoms with Gasteiger partial charge in [-0.15, -0.1) is 0 Å². The minimum Gasteiger partial charge on any atom is -0.384 e. The van der Waals surface area contributed by atoms with E-state index in [4.69, 9.17) is 4.74 Å². The van der Waals surface area contributed by atoms with Crippen LogP contribution in [-0.2, 0) is 24.2 Å². The first-order valence-corrected chi connectivity index (χ1v) is 7.47. The molecule has 1 atom stereocenters. The van der Waals surface area contributed by atoms with Gasteiger partial charge in [-0.3, -0.25) is 10.00 Å². The van der Waals surface area contributed by atoms with Gasteiger partial charge in [-0.2, -0.15) is 5.10 Å². The van der Waals surface area contributed by atoms with Crippen LogP contribution in [0.2, 0.25) is 0 Å². The maximum absolute atomic E-state index is 5.17. The topological polar surface area (TPSA) is 59.0 Å². The van der Waals surface area contributed by atoms with E-state index >= 15 is 0 Å². The molecular weight excluding hydrogens is 266 g/mol. The van der Waals surface area contributed by atoms with E-state index in [1.165, 1.54) is 5.69 Å². The van der Waals surface area contributed by atoms with Crippen molar-refractivity contribution in [1.29, 1.82) is 0 Å². The molecule has 0 bridgehead atoms. The first-order chi connectivity index (χ1) is 10.2. The summed E-state index contributed by atoms with van der Waals surface area (Å²) in [6.07, 6.45) is 2.92. The first kappa shape index (κ1) is 14.3. The Morgan fingerprint density at radius 3 is 3.00 bits per heavy atom. The highest BCUT2D eigenvalue weighted by Gasteiger charge is 2.27. The smallest absolute Gasteiger partial charge is 0.126 e. The molecule has 0 fully saturated rings. The van der Waals surface area contributed by atoms with Crippen LogP contribution < -0.4 is 0 Å². The minimum absolute atomic E-state index is 0.312. The van der Waals surface area contributed by atoms with Gasteiger partial charge < -0.3 is 9.30 Å². The van der Waals surface area contributed by atoms with E-state index in [1.807, 2.05) is 13.1 Å². The number of ether oxygens (including phenoxy) is 1. The fourth-order valence-electron chi connectivity index (χ4n) is 2.99. The Bertz CT molecular complexity index is 603. The molecule has 6 heteroatoms. The van der Waals surface area contributed by atoms with E-state index in [0.29, 0.717) is 6.04 Å². The molecule has 0 amide bonds. The standard InChI is InChI=1S/C15H23N5O/c1-11-8-13(18-17-11)10-19-5-6-20-14(4-7-21-3)9-16-15(20)12(19)2/h8-9,12H,4-7,10H2,1-3H3,(H,17,18)/t12-/m0/s1. The van der Waals surface area contributed by atoms with E-state index in [0.717, 1.165) is 49.9 Å². The molecule has 1 aliphatic heterocycles. The first-order valence-electron chi connectivity index (χ1n) is 7.47. The molecule has 0 unspecified atom stereocenters. The molecule has 2 aromatic heterocycles. The number of imidazole rings is 1. The van der Waals surface area contributed by atoms with Gasteiger partial charge >= 0.3 is 0 Å². The second kappa shape index (κ2) is 5.99. The molecule has 0 spiro atoms. The highest BCUT2D eigenvalue weighted by Crippen LogP contribution is 2.26. The van der Waals surface area contributed by atoms with Crippen molar-refractivity contribution in [1.82, 2.24) is 24.6 Å². The fraction of sp³-hybridized carbons (Fsp3) is 0.600. The second-order valence-electron chi connectivity index (χ2n) is 5.69. The number of rotatable bonds is 5. The predicted octanol–water partition coefficient (Wildman–Crippen LogP) is 1.68. The van der Waals surface area contributed by atoms with Crippen molar-refractivity contribution in [3.8, 4) is 0 Å². The normalized spacial score (nSPS) is 18.9. The lowest BCUT2D eigenvalue weighted by Crippen LogP contribution is -2.37. The Balaban J connectivity index is 1.73. The molecule has 6 nitrogen and oxygen atoms in total. The number of hydrogen-bond acceptors (Lipinski definition) is 4. The Kier molecular flexibility index (Phi) is 4.07. The summed E-state index contributed by atoms with van der Waals surface area (Å²) in [7, 11) is 1.74. The molecule has 0 aliphatic carbocycles. The van der Waals surface area contributed by atoms with Crippen LogP contribution >= 0.6 is 0 Å². The average Bonchev–Trinajstić information content (AvgIpc) is 3.06. The molecule has 0 aromatic carbocycles. The zero-order valence-electron chi connectivity index (χ0n) is 13.0. The SMILES string of the molecule is COCCc1cnc2n1CCN(Cc1cc(C)[nH]n1)[C@H]2C. The molecule has 3 heterocycles. The molecular formula is C15H23N5O. The van der Waals surface area contributed by atoms with Gasteiger partial charge in [-0.25, -0.2) is 4.98 Å². The Morgan fingerprint density at radius 2 is 2.29 bits per heavy atom. The summed E-state index contributed by atoms with van der Waals surface area (Å²) >= 11 is 0. The summed E-state index contributed by atoms with van der Waals surface area (Å²) in [5.74, 6) is 1.15. The monoisotopic (exact) mass is 289 g/mol. The number of hydrogen-bond donors (Lipinski definition) is 1. The molecule has 0 radical (unpaired) electrons. The number of aromatic amines is 1. The zero-order valence-corrected chi connectivity index (χ0v) is 13.0. The Hall–Kier alpha value is -1.66. The van der Waals surface area contributed by atoms with E-state index in [2.05, 4.69) is 37.6 Å². The highest BCUT2D eigenvalue weighted by molar-refractivity contribution is 5.13. The predicted molar refractivity (Wildman–Crippen MR) is 80.0 cm³/mol. The molecule has 3 rings (SSSR count). The number of nitrogens with zero attached hydrogens (tertiary/aromatic N) is 4. The van der Waals surface area contributed by atoms with Crippen LogP contribution in [0.1, 0.15) is 35.9 Å². The number of H-pyrrole nitrogens is 1. The van der Waals surface area contributed by atoms with Gasteiger partial charge in [0.15, 0.2) is 0 Å². The van der Waals surface area contributed by atoms with Crippen LogP contribution in [0.5, 0.6) is 0 Å². The van der Waals surface area contributed by atoms with Crippen LogP contribution in [0, 0.1) is 6.92 Å². The van der Waals surface area contributed by atoms with Crippen molar-refractivity contribution in [3.63, 3.8) is 0 Å². The molecule has 0 saturated carbocycles. The number of aryl methyl sites for hydroxylation is 1. The molecule has 114 valence electrons. The third-order valence-electron chi connectivity index (χ3n) is 4.19. The van der Waals surface area contributed by atoms with Crippen LogP contribution in [0.15, 0.2) is 12.3 Å². The third-order valence-corrected chi connectivity index (χ3v) is 4.19. The fourth-order valence-corrected chi connectivity index (χ4v) is 2.99. The molecule has 1 N–H and O–H groups in total. The van der Waals surface area contributed by atoms with Crippen LogP contribution in [-0.4, -0.2) is 44.9 Å². The summed E-state index contributed by atoms with van der Waals surface area (Å²) in [4.78, 5) is 7.05. The minimum atomic E-state index is 0.312. The van der Waals surface area contributed by atoms with Gasteiger partial charge in [0.2, 0.25) is 0 Å². The molecule has 0 saturated heterocycles. The van der Waals surface area contributed by atoms with E-state index in [9.17, 15) is 0 Å². The van der Waals surface area contributed by atoms with E-state index in [-0.39, 0.29) is 0 Å². The third kappa shape index (κ3) is 2.87. The van der Waals surface area contributed by atoms with Gasteiger partial charge in [0, 0.05) is 50.7 Å². The summed E-state index contributed by atoms with van der Waals surface area (Å²) in [6.45, 7) is 7.88. The van der Waals surface area contributed by atoms with Gasteiger partial charge in [0.25, 0.3) is 0 Å². The lowest BCUT2D eigenvalue weighted by molar-refractivity contribution is 0.151. The Morgan fingerprint density at radius 1 is 1.43 bits per heavy atom. The lowest BCUT2D eigenvalue weighted by Gasteiger charge is -2.33. The zero-order chi connectivity index (χ0) is 14.8. The maximum Gasteiger partial charge on any atom is 0.126 e. The van der Waals surface area contributed by atoms with Crippen LogP contribution in [0.4, 0.5) is 0 Å². The van der Waals surface area contributed by atoms with Gasteiger partial charge in [0.05, 0.1) is 18.3 Å². The summed E-state index contributed by atoms with van der Waals surface area (Å²) in [5.41, 5.74) is 3.48. The van der Waals surface area contributed by atoms with Crippen molar-refractivity contribution >= 4 is 0 Å². The van der Waals surface area contributed by atoms with Gasteiger partial charge in [-0.05, 0) is 19.9 Å². The highest BCUT2D eigenvalue weighted by atomic mass is 16.5. The average molecular weight is 289 g/mol. The number of methoxy groups -OCH3 is 1. The van der Waals surface area contributed by atoms with Crippen molar-refractivity contribution in [3.05, 3.63) is 35.2 Å². The lowest BCUT2D eigenvalue weighted by atomic mass is 10.2. The van der Waals surface area contributed by atoms with Gasteiger partial charge in [-0.1, -0.05) is 0 Å². The second-order valence-corrected chi connectivity index (χ2v) is 5.69. The molecule has 1 aliphatic rings. The van der Waals surface area contributed by atoms with Crippen molar-refractivity contribution in [2.24, 2.45) is 0 Å².